The summed E-state index contributed by atoms with van der Waals surface area (Å²) in [5.74, 6) is 0.198. The first-order chi connectivity index (χ1) is 9.74. The van der Waals surface area contributed by atoms with Crippen molar-refractivity contribution in [3.05, 3.63) is 46.5 Å². The fraction of sp³-hybridized carbons (Fsp3) is 0.385. The zero-order chi connectivity index (χ0) is 13.9. The van der Waals surface area contributed by atoms with Crippen LogP contribution in [0.25, 0.3) is 0 Å². The summed E-state index contributed by atoms with van der Waals surface area (Å²) in [6.07, 6.45) is 4.76. The Hall–Kier alpha value is -2.44. The molecule has 0 aromatic carbocycles. The third-order valence-corrected chi connectivity index (χ3v) is 3.49. The van der Waals surface area contributed by atoms with E-state index < -0.39 is 0 Å². The first-order valence-electron chi connectivity index (χ1n) is 6.49. The summed E-state index contributed by atoms with van der Waals surface area (Å²) < 4.78 is 4.90. The van der Waals surface area contributed by atoms with Crippen LogP contribution in [0.5, 0.6) is 0 Å². The zero-order valence-corrected chi connectivity index (χ0v) is 10.8. The second-order valence-corrected chi connectivity index (χ2v) is 4.80. The minimum Gasteiger partial charge on any atom is -0.351 e. The van der Waals surface area contributed by atoms with Crippen molar-refractivity contribution < 1.29 is 9.32 Å². The van der Waals surface area contributed by atoms with Crippen LogP contribution in [0.3, 0.4) is 0 Å². The van der Waals surface area contributed by atoms with Gasteiger partial charge in [0.1, 0.15) is 0 Å². The molecule has 7 heteroatoms. The predicted molar refractivity (Wildman–Crippen MR) is 69.2 cm³/mol. The Labute approximate surface area is 114 Å². The Balaban J connectivity index is 1.77. The molecule has 0 unspecified atom stereocenters. The van der Waals surface area contributed by atoms with E-state index in [9.17, 15) is 9.59 Å². The molecule has 0 aliphatic carbocycles. The Kier molecular flexibility index (Phi) is 3.32. The van der Waals surface area contributed by atoms with Crippen LogP contribution in [0.15, 0.2) is 33.8 Å². The van der Waals surface area contributed by atoms with Crippen molar-refractivity contribution >= 4 is 5.91 Å². The molecule has 1 aliphatic rings. The van der Waals surface area contributed by atoms with Crippen LogP contribution < -0.4 is 5.69 Å². The lowest BCUT2D eigenvalue weighted by molar-refractivity contribution is 0.0664. The number of nitrogens with zero attached hydrogens (tertiary/aromatic N) is 3. The summed E-state index contributed by atoms with van der Waals surface area (Å²) in [4.78, 5) is 31.6. The minimum atomic E-state index is -0.360. The SMILES string of the molecule is O=C(c1ccno1)N1CCC[C@@H](c2ccnc(=O)[nH]2)C1. The van der Waals surface area contributed by atoms with E-state index in [1.807, 2.05) is 0 Å². The number of aromatic amines is 1. The highest BCUT2D eigenvalue weighted by molar-refractivity contribution is 5.91. The van der Waals surface area contributed by atoms with Crippen LogP contribution >= 0.6 is 0 Å². The van der Waals surface area contributed by atoms with Crippen molar-refractivity contribution in [2.75, 3.05) is 13.1 Å². The average Bonchev–Trinajstić information content (AvgIpc) is 3.01. The topological polar surface area (TPSA) is 92.1 Å². The van der Waals surface area contributed by atoms with Crippen molar-refractivity contribution in [1.29, 1.82) is 0 Å². The van der Waals surface area contributed by atoms with E-state index in [0.29, 0.717) is 13.1 Å². The maximum Gasteiger partial charge on any atom is 0.345 e. The molecular formula is C13H14N4O3. The highest BCUT2D eigenvalue weighted by atomic mass is 16.5. The number of carbonyl (C=O) groups excluding carboxylic acids is 1. The fourth-order valence-electron chi connectivity index (χ4n) is 2.52. The molecular weight excluding hydrogens is 260 g/mol. The first kappa shape index (κ1) is 12.6. The van der Waals surface area contributed by atoms with E-state index in [0.717, 1.165) is 18.5 Å². The van der Waals surface area contributed by atoms with Crippen LogP contribution in [-0.4, -0.2) is 39.0 Å². The molecule has 104 valence electrons. The highest BCUT2D eigenvalue weighted by Gasteiger charge is 2.27. The van der Waals surface area contributed by atoms with Crippen molar-refractivity contribution in [1.82, 2.24) is 20.0 Å². The third-order valence-electron chi connectivity index (χ3n) is 3.49. The van der Waals surface area contributed by atoms with Crippen LogP contribution in [0, 0.1) is 0 Å². The summed E-state index contributed by atoms with van der Waals surface area (Å²) >= 11 is 0. The van der Waals surface area contributed by atoms with Crippen molar-refractivity contribution in [3.8, 4) is 0 Å². The molecule has 1 saturated heterocycles. The van der Waals surface area contributed by atoms with E-state index in [4.69, 9.17) is 4.52 Å². The number of hydrogen-bond acceptors (Lipinski definition) is 5. The molecule has 1 atom stereocenters. The molecule has 2 aromatic rings. The van der Waals surface area contributed by atoms with Gasteiger partial charge >= 0.3 is 5.69 Å². The number of nitrogens with one attached hydrogen (secondary N) is 1. The number of piperidine rings is 1. The maximum atomic E-state index is 12.2. The first-order valence-corrected chi connectivity index (χ1v) is 6.49. The summed E-state index contributed by atoms with van der Waals surface area (Å²) in [5, 5.41) is 3.55. The molecule has 0 bridgehead atoms. The van der Waals surface area contributed by atoms with Gasteiger partial charge in [-0.2, -0.15) is 0 Å². The van der Waals surface area contributed by atoms with Gasteiger partial charge in [-0.1, -0.05) is 5.16 Å². The molecule has 0 spiro atoms. The third kappa shape index (κ3) is 2.47. The Bertz CT molecular complexity index is 650. The summed E-state index contributed by atoms with van der Waals surface area (Å²) in [6.45, 7) is 1.24. The Morgan fingerprint density at radius 3 is 3.05 bits per heavy atom. The molecule has 3 heterocycles. The van der Waals surface area contributed by atoms with Crippen LogP contribution in [-0.2, 0) is 0 Å². The monoisotopic (exact) mass is 274 g/mol. The van der Waals surface area contributed by atoms with Gasteiger partial charge < -0.3 is 14.4 Å². The van der Waals surface area contributed by atoms with Gasteiger partial charge in [0.05, 0.1) is 6.20 Å². The van der Waals surface area contributed by atoms with E-state index in [1.165, 1.54) is 12.4 Å². The van der Waals surface area contributed by atoms with Gasteiger partial charge in [-0.3, -0.25) is 4.79 Å². The van der Waals surface area contributed by atoms with Gasteiger partial charge in [0.25, 0.3) is 5.91 Å². The van der Waals surface area contributed by atoms with Crippen LogP contribution in [0.4, 0.5) is 0 Å². The number of H-pyrrole nitrogens is 1. The molecule has 1 aliphatic heterocycles. The van der Waals surface area contributed by atoms with E-state index >= 15 is 0 Å². The Morgan fingerprint density at radius 1 is 1.40 bits per heavy atom. The maximum absolute atomic E-state index is 12.2. The van der Waals surface area contributed by atoms with Gasteiger partial charge in [0.15, 0.2) is 0 Å². The molecule has 1 N–H and O–H groups in total. The average molecular weight is 274 g/mol. The number of likely N-dealkylation sites (tertiary alicyclic amines) is 1. The number of amides is 1. The summed E-state index contributed by atoms with van der Waals surface area (Å²) in [5.41, 5.74) is 0.459. The normalized spacial score (nSPS) is 19.0. The zero-order valence-electron chi connectivity index (χ0n) is 10.8. The predicted octanol–water partition coefficient (Wildman–Crippen LogP) is 0.778. The van der Waals surface area contributed by atoms with Crippen LogP contribution in [0.1, 0.15) is 35.0 Å². The van der Waals surface area contributed by atoms with Crippen molar-refractivity contribution in [2.45, 2.75) is 18.8 Å². The number of hydrogen-bond donors (Lipinski definition) is 1. The molecule has 20 heavy (non-hydrogen) atoms. The molecule has 0 radical (unpaired) electrons. The molecule has 0 saturated carbocycles. The lowest BCUT2D eigenvalue weighted by Gasteiger charge is -2.31. The summed E-state index contributed by atoms with van der Waals surface area (Å²) in [7, 11) is 0. The smallest absolute Gasteiger partial charge is 0.345 e. The van der Waals surface area contributed by atoms with Gasteiger partial charge in [-0.05, 0) is 18.9 Å². The highest BCUT2D eigenvalue weighted by Crippen LogP contribution is 2.25. The molecule has 2 aromatic heterocycles. The molecule has 7 nitrogen and oxygen atoms in total. The minimum absolute atomic E-state index is 0.117. The fourth-order valence-corrected chi connectivity index (χ4v) is 2.52. The van der Waals surface area contributed by atoms with Crippen molar-refractivity contribution in [3.63, 3.8) is 0 Å². The van der Waals surface area contributed by atoms with Gasteiger partial charge in [0.2, 0.25) is 5.76 Å². The van der Waals surface area contributed by atoms with Gasteiger partial charge in [-0.15, -0.1) is 0 Å². The quantitative estimate of drug-likeness (QED) is 0.873. The number of rotatable bonds is 2. The number of aromatic nitrogens is 3. The second-order valence-electron chi connectivity index (χ2n) is 4.80. The van der Waals surface area contributed by atoms with Gasteiger partial charge in [-0.25, -0.2) is 9.78 Å². The van der Waals surface area contributed by atoms with Gasteiger partial charge in [0, 0.05) is 37.0 Å². The number of carbonyl (C=O) groups is 1. The standard InChI is InChI=1S/C13H14N4O3/c18-12(11-4-6-15-20-11)17-7-1-2-9(8-17)10-3-5-14-13(19)16-10/h3-6,9H,1-2,7-8H2,(H,14,16,19)/t9-/m1/s1. The van der Waals surface area contributed by atoms with E-state index in [2.05, 4.69) is 15.1 Å². The molecule has 1 fully saturated rings. The second kappa shape index (κ2) is 5.28. The summed E-state index contributed by atoms with van der Waals surface area (Å²) in [6, 6.07) is 3.34. The largest absolute Gasteiger partial charge is 0.351 e. The molecule has 1 amide bonds. The lowest BCUT2D eigenvalue weighted by atomic mass is 9.94. The van der Waals surface area contributed by atoms with Crippen LogP contribution in [0.2, 0.25) is 0 Å². The molecule has 3 rings (SSSR count). The van der Waals surface area contributed by atoms with Crippen molar-refractivity contribution in [2.24, 2.45) is 0 Å². The van der Waals surface area contributed by atoms with E-state index in [-0.39, 0.29) is 23.3 Å². The Morgan fingerprint density at radius 2 is 2.30 bits per heavy atom. The van der Waals surface area contributed by atoms with E-state index in [1.54, 1.807) is 17.0 Å². The lowest BCUT2D eigenvalue weighted by Crippen LogP contribution is -2.39.